The Morgan fingerprint density at radius 1 is 0.618 bits per heavy atom. The molecule has 0 bridgehead atoms. The van der Waals surface area contributed by atoms with Gasteiger partial charge in [-0.25, -0.2) is 0 Å². The van der Waals surface area contributed by atoms with Crippen LogP contribution in [0, 0.1) is 0 Å². The Hall–Kier alpha value is -6.05. The summed E-state index contributed by atoms with van der Waals surface area (Å²) in [4.78, 5) is 70.9. The number of nitrogens with two attached hydrogens (primary N) is 3. The van der Waals surface area contributed by atoms with Crippen LogP contribution >= 0.6 is 0 Å². The number of hydrogen-bond acceptors (Lipinski definition) is 7. The molecule has 13 heteroatoms. The summed E-state index contributed by atoms with van der Waals surface area (Å²) >= 11 is 0. The van der Waals surface area contributed by atoms with Gasteiger partial charge in [0.05, 0.1) is 6.04 Å². The number of H-pyrrole nitrogens is 1. The third-order valence-corrected chi connectivity index (χ3v) is 9.55. The van der Waals surface area contributed by atoms with E-state index in [1.54, 1.807) is 6.20 Å². The quantitative estimate of drug-likeness (QED) is 0.0588. The van der Waals surface area contributed by atoms with E-state index in [0.717, 1.165) is 38.4 Å². The van der Waals surface area contributed by atoms with Crippen molar-refractivity contribution in [3.8, 4) is 0 Å². The molecule has 55 heavy (non-hydrogen) atoms. The van der Waals surface area contributed by atoms with E-state index in [0.29, 0.717) is 19.4 Å². The summed E-state index contributed by atoms with van der Waals surface area (Å²) in [5, 5.41) is 14.1. The zero-order valence-corrected chi connectivity index (χ0v) is 30.9. The molecule has 0 aliphatic heterocycles. The molecule has 5 amide bonds. The molecule has 1 heterocycles. The Bertz CT molecular complexity index is 2100. The molecular weight excluding hydrogens is 697 g/mol. The van der Waals surface area contributed by atoms with Gasteiger partial charge in [0.2, 0.25) is 29.5 Å². The zero-order valence-electron chi connectivity index (χ0n) is 30.9. The van der Waals surface area contributed by atoms with Gasteiger partial charge in [0, 0.05) is 36.4 Å². The van der Waals surface area contributed by atoms with Crippen LogP contribution in [-0.4, -0.2) is 71.3 Å². The van der Waals surface area contributed by atoms with Crippen molar-refractivity contribution in [2.75, 3.05) is 6.54 Å². The van der Waals surface area contributed by atoms with E-state index in [-0.39, 0.29) is 25.7 Å². The first kappa shape index (κ1) is 40.1. The lowest BCUT2D eigenvalue weighted by Gasteiger charge is -2.27. The van der Waals surface area contributed by atoms with Gasteiger partial charge >= 0.3 is 0 Å². The van der Waals surface area contributed by atoms with Crippen LogP contribution in [0.3, 0.4) is 0 Å². The second-order valence-electron chi connectivity index (χ2n) is 13.9. The molecule has 0 aliphatic rings. The van der Waals surface area contributed by atoms with Gasteiger partial charge in [0.1, 0.15) is 24.2 Å². The predicted octanol–water partition coefficient (Wildman–Crippen LogP) is 2.25. The molecule has 5 atom stereocenters. The van der Waals surface area contributed by atoms with Crippen molar-refractivity contribution in [2.45, 2.75) is 75.7 Å². The third-order valence-electron chi connectivity index (χ3n) is 9.55. The number of aromatic nitrogens is 1. The van der Waals surface area contributed by atoms with Gasteiger partial charge in [-0.15, -0.1) is 0 Å². The molecule has 0 aliphatic carbocycles. The molecule has 0 unspecified atom stereocenters. The lowest BCUT2D eigenvalue weighted by atomic mass is 9.99. The van der Waals surface area contributed by atoms with Crippen LogP contribution in [0.4, 0.5) is 0 Å². The molecule has 4 aromatic carbocycles. The van der Waals surface area contributed by atoms with Gasteiger partial charge in [0.25, 0.3) is 0 Å². The summed E-state index contributed by atoms with van der Waals surface area (Å²) in [5.74, 6) is -3.10. The Balaban J connectivity index is 1.44. The number of hydrogen-bond donors (Lipinski definition) is 8. The number of nitrogens with one attached hydrogen (secondary N) is 5. The largest absolute Gasteiger partial charge is 0.368 e. The highest BCUT2D eigenvalue weighted by molar-refractivity contribution is 5.96. The Kier molecular flexibility index (Phi) is 14.1. The standard InChI is InChI=1S/C42H50N8O5/c1-26(44)39(52)48-36(23-28-18-19-29-13-5-6-14-30(29)21-28)41(54)50-37(24-31-25-46-33-16-8-7-15-32(31)33)42(55)49-35(22-27-11-3-2-4-12-27)40(53)47-34(38(45)51)17-9-10-20-43/h2-8,11-16,18-19,21,25-26,34-37,46H,9-10,17,20,22-24,43-44H2,1H3,(H2,45,51)(H,47,53)(H,48,52)(H,49,55)(H,50,54)/t26-,34+,35-,36+,37+/m0/s1. The second-order valence-corrected chi connectivity index (χ2v) is 13.9. The number of aromatic amines is 1. The van der Waals surface area contributed by atoms with Gasteiger partial charge in [0.15, 0.2) is 0 Å². The molecule has 288 valence electrons. The van der Waals surface area contributed by atoms with Crippen LogP contribution in [0.2, 0.25) is 0 Å². The molecular formula is C42H50N8O5. The number of fused-ring (bicyclic) bond motifs is 2. The fraction of sp³-hybridized carbons (Fsp3) is 0.310. The first-order chi connectivity index (χ1) is 26.5. The summed E-state index contributed by atoms with van der Waals surface area (Å²) in [6.45, 7) is 1.94. The van der Waals surface area contributed by atoms with E-state index < -0.39 is 59.7 Å². The molecule has 11 N–H and O–H groups in total. The molecule has 5 aromatic rings. The fourth-order valence-corrected chi connectivity index (χ4v) is 6.50. The van der Waals surface area contributed by atoms with E-state index in [4.69, 9.17) is 17.2 Å². The topological polar surface area (TPSA) is 227 Å². The third kappa shape index (κ3) is 11.2. The summed E-state index contributed by atoms with van der Waals surface area (Å²) in [5.41, 5.74) is 20.3. The van der Waals surface area contributed by atoms with Gasteiger partial charge < -0.3 is 43.5 Å². The predicted molar refractivity (Wildman–Crippen MR) is 213 cm³/mol. The first-order valence-corrected chi connectivity index (χ1v) is 18.6. The minimum absolute atomic E-state index is 0.0498. The van der Waals surface area contributed by atoms with Gasteiger partial charge in [-0.2, -0.15) is 0 Å². The van der Waals surface area contributed by atoms with Crippen LogP contribution in [-0.2, 0) is 43.2 Å². The smallest absolute Gasteiger partial charge is 0.243 e. The Morgan fingerprint density at radius 3 is 1.84 bits per heavy atom. The number of unbranched alkanes of at least 4 members (excludes halogenated alkanes) is 1. The molecule has 0 saturated heterocycles. The van der Waals surface area contributed by atoms with Crippen molar-refractivity contribution in [1.82, 2.24) is 26.3 Å². The molecule has 5 rings (SSSR count). The highest BCUT2D eigenvalue weighted by Gasteiger charge is 2.32. The fourth-order valence-electron chi connectivity index (χ4n) is 6.50. The van der Waals surface area contributed by atoms with Crippen molar-refractivity contribution < 1.29 is 24.0 Å². The molecule has 0 radical (unpaired) electrons. The highest BCUT2D eigenvalue weighted by atomic mass is 16.2. The number of benzene rings is 4. The van der Waals surface area contributed by atoms with Crippen LogP contribution in [0.15, 0.2) is 103 Å². The van der Waals surface area contributed by atoms with E-state index in [1.165, 1.54) is 6.92 Å². The number of para-hydroxylation sites is 1. The molecule has 0 saturated carbocycles. The van der Waals surface area contributed by atoms with Gasteiger partial charge in [-0.05, 0) is 66.3 Å². The van der Waals surface area contributed by atoms with Gasteiger partial charge in [-0.3, -0.25) is 24.0 Å². The van der Waals surface area contributed by atoms with Crippen molar-refractivity contribution in [3.63, 3.8) is 0 Å². The molecule has 0 spiro atoms. The minimum atomic E-state index is -1.19. The second kappa shape index (κ2) is 19.3. The molecule has 13 nitrogen and oxygen atoms in total. The summed E-state index contributed by atoms with van der Waals surface area (Å²) in [6.07, 6.45) is 3.53. The lowest BCUT2D eigenvalue weighted by Crippen LogP contribution is -2.59. The van der Waals surface area contributed by atoms with Crippen molar-refractivity contribution in [2.24, 2.45) is 17.2 Å². The summed E-state index contributed by atoms with van der Waals surface area (Å²) < 4.78 is 0. The van der Waals surface area contributed by atoms with Crippen LogP contribution in [0.5, 0.6) is 0 Å². The van der Waals surface area contributed by atoms with E-state index in [1.807, 2.05) is 97.1 Å². The maximum absolute atomic E-state index is 14.4. The molecule has 0 fully saturated rings. The lowest BCUT2D eigenvalue weighted by molar-refractivity contribution is -0.134. The number of rotatable bonds is 19. The van der Waals surface area contributed by atoms with Crippen molar-refractivity contribution in [3.05, 3.63) is 120 Å². The van der Waals surface area contributed by atoms with Crippen molar-refractivity contribution in [1.29, 1.82) is 0 Å². The van der Waals surface area contributed by atoms with Crippen LogP contribution in [0.1, 0.15) is 42.9 Å². The van der Waals surface area contributed by atoms with Crippen molar-refractivity contribution >= 4 is 51.2 Å². The Morgan fingerprint density at radius 2 is 1.18 bits per heavy atom. The van der Waals surface area contributed by atoms with E-state index in [9.17, 15) is 24.0 Å². The van der Waals surface area contributed by atoms with E-state index >= 15 is 0 Å². The van der Waals surface area contributed by atoms with Crippen LogP contribution < -0.4 is 38.5 Å². The number of carbonyl (C=O) groups excluding carboxylic acids is 5. The maximum Gasteiger partial charge on any atom is 0.243 e. The first-order valence-electron chi connectivity index (χ1n) is 18.6. The number of carbonyl (C=O) groups is 5. The SMILES string of the molecule is C[C@H](N)C(=O)N[C@H](Cc1ccc2ccccc2c1)C(=O)N[C@H](Cc1c[nH]c2ccccc12)C(=O)N[C@@H](Cc1ccccc1)C(=O)N[C@H](CCCCN)C(N)=O. The zero-order chi connectivity index (χ0) is 39.3. The maximum atomic E-state index is 14.4. The normalized spacial score (nSPS) is 13.9. The van der Waals surface area contributed by atoms with E-state index in [2.05, 4.69) is 26.3 Å². The summed E-state index contributed by atoms with van der Waals surface area (Å²) in [7, 11) is 0. The van der Waals surface area contributed by atoms with Crippen LogP contribution in [0.25, 0.3) is 21.7 Å². The summed E-state index contributed by atoms with van der Waals surface area (Å²) in [6, 6.07) is 25.0. The highest BCUT2D eigenvalue weighted by Crippen LogP contribution is 2.20. The number of primary amides is 1. The average Bonchev–Trinajstić information content (AvgIpc) is 3.59. The van der Waals surface area contributed by atoms with Gasteiger partial charge in [-0.1, -0.05) is 91.0 Å². The monoisotopic (exact) mass is 746 g/mol. The minimum Gasteiger partial charge on any atom is -0.368 e. The molecule has 1 aromatic heterocycles. The Labute approximate surface area is 320 Å². The number of amides is 5. The average molecular weight is 747 g/mol.